The van der Waals surface area contributed by atoms with Crippen molar-refractivity contribution >= 4 is 19.9 Å². The van der Waals surface area contributed by atoms with Crippen LogP contribution in [-0.2, 0) is 0 Å². The first-order valence-electron chi connectivity index (χ1n) is 22.7. The Kier molecular flexibility index (Phi) is 31.4. The molecule has 0 aliphatic carbocycles. The molecule has 0 aliphatic heterocycles. The van der Waals surface area contributed by atoms with E-state index in [0.29, 0.717) is 0 Å². The Balaban J connectivity index is 1.36. The fraction of sp³-hybridized carbons (Fsp3) is 0.750. The molecule has 0 radical (unpaired) electrons. The number of ether oxygens (including phenoxy) is 2. The predicted octanol–water partition coefficient (Wildman–Crippen LogP) is 14.1. The minimum Gasteiger partial charge on any atom is -0.494 e. The van der Waals surface area contributed by atoms with Crippen molar-refractivity contribution in [2.24, 2.45) is 0 Å². The molecule has 0 atom stereocenters. The smallest absolute Gasteiger partial charge is 0.119 e. The predicted molar refractivity (Wildman–Crippen MR) is 231 cm³/mol. The van der Waals surface area contributed by atoms with Crippen molar-refractivity contribution < 1.29 is 9.47 Å². The van der Waals surface area contributed by atoms with E-state index in [1.807, 2.05) is 0 Å². The van der Waals surface area contributed by atoms with E-state index in [9.17, 15) is 0 Å². The summed E-state index contributed by atoms with van der Waals surface area (Å²) >= 11 is 0. The molecule has 0 spiro atoms. The molecule has 2 aromatic rings. The highest BCUT2D eigenvalue weighted by Crippen LogP contribution is 2.16. The minimum absolute atomic E-state index is 0.476. The van der Waals surface area contributed by atoms with Gasteiger partial charge in [0.05, 0.1) is 22.7 Å². The van der Waals surface area contributed by atoms with Crippen LogP contribution in [0.5, 0.6) is 11.5 Å². The van der Waals surface area contributed by atoms with Crippen molar-refractivity contribution in [3.8, 4) is 11.5 Å². The number of hydrogen-bond acceptors (Lipinski definition) is 2. The summed E-state index contributed by atoms with van der Waals surface area (Å²) in [7, 11) is -0.476. The Morgan fingerprint density at radius 1 is 0.294 bits per heavy atom. The van der Waals surface area contributed by atoms with Gasteiger partial charge in [-0.1, -0.05) is 241 Å². The van der Waals surface area contributed by atoms with Gasteiger partial charge in [-0.3, -0.25) is 0 Å². The lowest BCUT2D eigenvalue weighted by Gasteiger charge is -2.09. The van der Waals surface area contributed by atoms with Crippen LogP contribution in [0.15, 0.2) is 48.5 Å². The first kappa shape index (κ1) is 45.4. The van der Waals surface area contributed by atoms with Crippen LogP contribution in [0.25, 0.3) is 0 Å². The average molecular weight is 721 g/mol. The molecule has 0 bridgehead atoms. The summed E-state index contributed by atoms with van der Waals surface area (Å²) in [5.74, 6) is 2.04. The molecule has 0 aliphatic rings. The summed E-state index contributed by atoms with van der Waals surface area (Å²) in [6, 6.07) is 17.8. The van der Waals surface area contributed by atoms with Gasteiger partial charge >= 0.3 is 0 Å². The van der Waals surface area contributed by atoms with Crippen LogP contribution < -0.4 is 19.8 Å². The molecule has 0 aromatic heterocycles. The Morgan fingerprint density at radius 3 is 0.745 bits per heavy atom. The Morgan fingerprint density at radius 2 is 0.510 bits per heavy atom. The molecule has 2 aromatic carbocycles. The second-order valence-corrected chi connectivity index (χ2v) is 17.8. The third-order valence-electron chi connectivity index (χ3n) is 10.8. The molecule has 0 amide bonds. The maximum atomic E-state index is 6.05. The first-order chi connectivity index (χ1) is 25.3. The molecule has 51 heavy (non-hydrogen) atoms. The highest BCUT2D eigenvalue weighted by molar-refractivity contribution is 6.67. The van der Waals surface area contributed by atoms with Gasteiger partial charge in [-0.05, 0) is 37.1 Å². The Labute approximate surface area is 320 Å². The number of hydrogen-bond donors (Lipinski definition) is 0. The van der Waals surface area contributed by atoms with Crippen molar-refractivity contribution in [3.63, 3.8) is 0 Å². The maximum Gasteiger partial charge on any atom is 0.119 e. The average Bonchev–Trinajstić information content (AvgIpc) is 3.15. The second-order valence-electron chi connectivity index (χ2n) is 15.8. The van der Waals surface area contributed by atoms with Gasteiger partial charge in [0.15, 0.2) is 0 Å². The lowest BCUT2D eigenvalue weighted by Crippen LogP contribution is -2.26. The summed E-state index contributed by atoms with van der Waals surface area (Å²) in [4.78, 5) is 0. The zero-order chi connectivity index (χ0) is 36.1. The van der Waals surface area contributed by atoms with E-state index in [2.05, 4.69) is 62.4 Å². The molecule has 0 unspecified atom stereocenters. The quantitative estimate of drug-likeness (QED) is 0.0508. The standard InChI is InChI=1S/C48H84O2Si/c1-3-5-7-9-11-13-15-17-19-21-23-25-27-29-31-33-43-49-45-35-39-47(40-36-45)51-48-41-37-46(38-42-48)50-44-34-32-30-28-26-24-22-20-18-16-14-12-10-8-6-4-2/h35-42H,3-34,43-44,51H2,1-2H3. The first-order valence-corrected chi connectivity index (χ1v) is 24.2. The van der Waals surface area contributed by atoms with Crippen LogP contribution >= 0.6 is 0 Å². The molecule has 0 saturated heterocycles. The van der Waals surface area contributed by atoms with E-state index >= 15 is 0 Å². The highest BCUT2D eigenvalue weighted by atomic mass is 28.2. The fourth-order valence-electron chi connectivity index (χ4n) is 7.32. The molecule has 2 nitrogen and oxygen atoms in total. The monoisotopic (exact) mass is 721 g/mol. The van der Waals surface area contributed by atoms with E-state index in [1.165, 1.54) is 216 Å². The van der Waals surface area contributed by atoms with E-state index in [4.69, 9.17) is 9.47 Å². The van der Waals surface area contributed by atoms with Gasteiger partial charge in [0.25, 0.3) is 0 Å². The van der Waals surface area contributed by atoms with Crippen LogP contribution in [-0.4, -0.2) is 22.7 Å². The molecule has 3 heteroatoms. The normalized spacial score (nSPS) is 11.3. The number of rotatable bonds is 38. The van der Waals surface area contributed by atoms with E-state index in [1.54, 1.807) is 0 Å². The van der Waals surface area contributed by atoms with Crippen LogP contribution in [0.1, 0.15) is 219 Å². The molecule has 0 saturated carbocycles. The molecular formula is C48H84O2Si. The van der Waals surface area contributed by atoms with Crippen molar-refractivity contribution in [2.75, 3.05) is 13.2 Å². The lowest BCUT2D eigenvalue weighted by atomic mass is 10.0. The molecule has 0 fully saturated rings. The summed E-state index contributed by atoms with van der Waals surface area (Å²) in [6.07, 6.45) is 44.9. The topological polar surface area (TPSA) is 18.5 Å². The van der Waals surface area contributed by atoms with Gasteiger partial charge < -0.3 is 9.47 Å². The number of unbranched alkanes of at least 4 members (excludes halogenated alkanes) is 30. The third-order valence-corrected chi connectivity index (χ3v) is 12.5. The summed E-state index contributed by atoms with van der Waals surface area (Å²) in [6.45, 7) is 6.29. The Bertz CT molecular complexity index is 892. The second kappa shape index (κ2) is 35.3. The molecule has 0 N–H and O–H groups in total. The van der Waals surface area contributed by atoms with Crippen molar-refractivity contribution in [1.82, 2.24) is 0 Å². The minimum atomic E-state index is -0.476. The van der Waals surface area contributed by atoms with Crippen molar-refractivity contribution in [2.45, 2.75) is 219 Å². The molecular weight excluding hydrogens is 637 g/mol. The van der Waals surface area contributed by atoms with Crippen molar-refractivity contribution in [1.29, 1.82) is 0 Å². The van der Waals surface area contributed by atoms with Gasteiger partial charge in [-0.15, -0.1) is 0 Å². The van der Waals surface area contributed by atoms with Gasteiger partial charge in [-0.25, -0.2) is 0 Å². The van der Waals surface area contributed by atoms with Crippen LogP contribution in [0, 0.1) is 0 Å². The molecule has 2 rings (SSSR count). The Hall–Kier alpha value is -1.74. The van der Waals surface area contributed by atoms with Crippen LogP contribution in [0.3, 0.4) is 0 Å². The fourth-order valence-corrected chi connectivity index (χ4v) is 8.74. The lowest BCUT2D eigenvalue weighted by molar-refractivity contribution is 0.304. The van der Waals surface area contributed by atoms with Gasteiger partial charge in [-0.2, -0.15) is 0 Å². The summed E-state index contributed by atoms with van der Waals surface area (Å²) in [5.41, 5.74) is 0. The maximum absolute atomic E-state index is 6.05. The van der Waals surface area contributed by atoms with Crippen LogP contribution in [0.4, 0.5) is 0 Å². The third kappa shape index (κ3) is 28.4. The van der Waals surface area contributed by atoms with Crippen LogP contribution in [0.2, 0.25) is 0 Å². The van der Waals surface area contributed by atoms with E-state index < -0.39 is 9.52 Å². The van der Waals surface area contributed by atoms with Gasteiger partial charge in [0.1, 0.15) is 11.5 Å². The molecule has 0 heterocycles. The SMILES string of the molecule is CCCCCCCCCCCCCCCCCCOc1ccc([SiH2]c2ccc(OCCCCCCCCCCCCCCCCCC)cc2)cc1. The largest absolute Gasteiger partial charge is 0.494 e. The van der Waals surface area contributed by atoms with Gasteiger partial charge in [0.2, 0.25) is 0 Å². The zero-order valence-electron chi connectivity index (χ0n) is 34.2. The van der Waals surface area contributed by atoms with Crippen molar-refractivity contribution in [3.05, 3.63) is 48.5 Å². The number of benzene rings is 2. The zero-order valence-corrected chi connectivity index (χ0v) is 35.6. The van der Waals surface area contributed by atoms with E-state index in [-0.39, 0.29) is 0 Å². The highest BCUT2D eigenvalue weighted by Gasteiger charge is 2.02. The molecule has 292 valence electrons. The summed E-state index contributed by atoms with van der Waals surface area (Å²) in [5, 5.41) is 2.93. The summed E-state index contributed by atoms with van der Waals surface area (Å²) < 4.78 is 12.1. The van der Waals surface area contributed by atoms with Gasteiger partial charge in [0, 0.05) is 0 Å². The van der Waals surface area contributed by atoms with E-state index in [0.717, 1.165) is 24.7 Å².